The molecule has 0 saturated heterocycles. The van der Waals surface area contributed by atoms with Gasteiger partial charge in [-0.2, -0.15) is 0 Å². The van der Waals surface area contributed by atoms with Crippen LogP contribution in [0.2, 0.25) is 0 Å². The molecule has 0 spiro atoms. The molecule has 0 aliphatic rings. The van der Waals surface area contributed by atoms with E-state index in [2.05, 4.69) is 24.2 Å². The molecule has 4 nitrogen and oxygen atoms in total. The average molecular weight is 218 g/mol. The zero-order valence-electron chi connectivity index (χ0n) is 10.4. The first-order chi connectivity index (χ1) is 7.31. The third-order valence-corrected chi connectivity index (χ3v) is 2.18. The van der Waals surface area contributed by atoms with E-state index in [-0.39, 0.29) is 0 Å². The fourth-order valence-corrected chi connectivity index (χ4v) is 1.24. The zero-order chi connectivity index (χ0) is 11.4. The standard InChI is InChI=1S/C11H26N2O2/c1-4-12-6-8-13(2)7-5-9-15-11-10-14-3/h12H,4-11H2,1-3H3. The first-order valence-corrected chi connectivity index (χ1v) is 5.77. The lowest BCUT2D eigenvalue weighted by Crippen LogP contribution is -2.30. The van der Waals surface area contributed by atoms with Crippen LogP contribution < -0.4 is 5.32 Å². The number of nitrogens with one attached hydrogen (secondary N) is 1. The van der Waals surface area contributed by atoms with Crippen molar-refractivity contribution in [1.82, 2.24) is 10.2 Å². The van der Waals surface area contributed by atoms with Gasteiger partial charge < -0.3 is 19.7 Å². The van der Waals surface area contributed by atoms with Crippen LogP contribution in [0.25, 0.3) is 0 Å². The van der Waals surface area contributed by atoms with Crippen molar-refractivity contribution in [3.63, 3.8) is 0 Å². The monoisotopic (exact) mass is 218 g/mol. The van der Waals surface area contributed by atoms with Crippen molar-refractivity contribution < 1.29 is 9.47 Å². The van der Waals surface area contributed by atoms with Crippen molar-refractivity contribution in [2.45, 2.75) is 13.3 Å². The Morgan fingerprint density at radius 2 is 1.93 bits per heavy atom. The molecule has 0 aliphatic heterocycles. The number of nitrogens with zero attached hydrogens (tertiary/aromatic N) is 1. The number of rotatable bonds is 11. The van der Waals surface area contributed by atoms with Crippen LogP contribution in [-0.4, -0.2) is 65.1 Å². The Morgan fingerprint density at radius 3 is 2.60 bits per heavy atom. The van der Waals surface area contributed by atoms with E-state index in [4.69, 9.17) is 9.47 Å². The van der Waals surface area contributed by atoms with E-state index in [1.54, 1.807) is 7.11 Å². The molecule has 0 aliphatic carbocycles. The van der Waals surface area contributed by atoms with E-state index in [0.717, 1.165) is 39.2 Å². The molecular formula is C11H26N2O2. The first-order valence-electron chi connectivity index (χ1n) is 5.77. The average Bonchev–Trinajstić information content (AvgIpc) is 2.23. The Hall–Kier alpha value is -0.160. The molecule has 92 valence electrons. The van der Waals surface area contributed by atoms with Crippen molar-refractivity contribution in [2.24, 2.45) is 0 Å². The summed E-state index contributed by atoms with van der Waals surface area (Å²) in [6.07, 6.45) is 1.09. The van der Waals surface area contributed by atoms with Crippen LogP contribution in [0.4, 0.5) is 0 Å². The quantitative estimate of drug-likeness (QED) is 0.514. The molecular weight excluding hydrogens is 192 g/mol. The minimum atomic E-state index is 0.691. The van der Waals surface area contributed by atoms with Crippen molar-refractivity contribution >= 4 is 0 Å². The predicted molar refractivity (Wildman–Crippen MR) is 63.4 cm³/mol. The second-order valence-electron chi connectivity index (χ2n) is 3.62. The van der Waals surface area contributed by atoms with Crippen molar-refractivity contribution in [2.75, 3.05) is 60.2 Å². The predicted octanol–water partition coefficient (Wildman–Crippen LogP) is 0.581. The lowest BCUT2D eigenvalue weighted by Gasteiger charge is -2.16. The molecule has 0 radical (unpaired) electrons. The highest BCUT2D eigenvalue weighted by atomic mass is 16.5. The summed E-state index contributed by atoms with van der Waals surface area (Å²) in [7, 11) is 3.84. The third kappa shape index (κ3) is 11.8. The lowest BCUT2D eigenvalue weighted by atomic mass is 10.4. The van der Waals surface area contributed by atoms with E-state index in [1.165, 1.54) is 0 Å². The van der Waals surface area contributed by atoms with Gasteiger partial charge in [0.25, 0.3) is 0 Å². The van der Waals surface area contributed by atoms with Gasteiger partial charge in [-0.15, -0.1) is 0 Å². The summed E-state index contributed by atoms with van der Waals surface area (Å²) in [4.78, 5) is 2.32. The van der Waals surface area contributed by atoms with E-state index in [1.807, 2.05) is 0 Å². The molecule has 0 bridgehead atoms. The largest absolute Gasteiger partial charge is 0.382 e. The molecule has 0 unspecified atom stereocenters. The number of likely N-dealkylation sites (N-methyl/N-ethyl adjacent to an activating group) is 2. The fraction of sp³-hybridized carbons (Fsp3) is 1.00. The summed E-state index contributed by atoms with van der Waals surface area (Å²) < 4.78 is 10.3. The molecule has 0 atom stereocenters. The van der Waals surface area contributed by atoms with Crippen LogP contribution in [0.5, 0.6) is 0 Å². The maximum atomic E-state index is 5.38. The van der Waals surface area contributed by atoms with Crippen LogP contribution in [0.3, 0.4) is 0 Å². The maximum absolute atomic E-state index is 5.38. The molecule has 0 saturated carbocycles. The van der Waals surface area contributed by atoms with Gasteiger partial charge in [0, 0.05) is 33.4 Å². The lowest BCUT2D eigenvalue weighted by molar-refractivity contribution is 0.0663. The second kappa shape index (κ2) is 11.9. The van der Waals surface area contributed by atoms with Gasteiger partial charge in [0.1, 0.15) is 0 Å². The number of hydrogen-bond donors (Lipinski definition) is 1. The van der Waals surface area contributed by atoms with E-state index >= 15 is 0 Å². The molecule has 0 aromatic heterocycles. The van der Waals surface area contributed by atoms with Gasteiger partial charge in [0.15, 0.2) is 0 Å². The van der Waals surface area contributed by atoms with Crippen LogP contribution in [0, 0.1) is 0 Å². The summed E-state index contributed by atoms with van der Waals surface area (Å²) in [5, 5.41) is 3.31. The Morgan fingerprint density at radius 1 is 1.13 bits per heavy atom. The first kappa shape index (κ1) is 14.8. The van der Waals surface area contributed by atoms with Gasteiger partial charge >= 0.3 is 0 Å². The third-order valence-electron chi connectivity index (χ3n) is 2.18. The number of methoxy groups -OCH3 is 1. The SMILES string of the molecule is CCNCCN(C)CCCOCCOC. The number of ether oxygens (including phenoxy) is 2. The van der Waals surface area contributed by atoms with Gasteiger partial charge in [-0.1, -0.05) is 6.92 Å². The van der Waals surface area contributed by atoms with Gasteiger partial charge in [0.05, 0.1) is 13.2 Å². The van der Waals surface area contributed by atoms with E-state index in [0.29, 0.717) is 13.2 Å². The molecule has 1 N–H and O–H groups in total. The summed E-state index contributed by atoms with van der Waals surface area (Å²) in [6.45, 7) is 8.67. The molecule has 0 rings (SSSR count). The summed E-state index contributed by atoms with van der Waals surface area (Å²) in [5.74, 6) is 0. The summed E-state index contributed by atoms with van der Waals surface area (Å²) >= 11 is 0. The fourth-order valence-electron chi connectivity index (χ4n) is 1.24. The highest BCUT2D eigenvalue weighted by Gasteiger charge is 1.97. The van der Waals surface area contributed by atoms with Gasteiger partial charge in [-0.05, 0) is 20.0 Å². The number of hydrogen-bond acceptors (Lipinski definition) is 4. The van der Waals surface area contributed by atoms with Crippen LogP contribution in [-0.2, 0) is 9.47 Å². The van der Waals surface area contributed by atoms with Gasteiger partial charge in [0.2, 0.25) is 0 Å². The Kier molecular flexibility index (Phi) is 11.8. The Labute approximate surface area is 93.9 Å². The Bertz CT molecular complexity index is 123. The molecule has 0 aromatic rings. The topological polar surface area (TPSA) is 33.7 Å². The summed E-state index contributed by atoms with van der Waals surface area (Å²) in [5.41, 5.74) is 0. The highest BCUT2D eigenvalue weighted by Crippen LogP contribution is 1.88. The smallest absolute Gasteiger partial charge is 0.0700 e. The molecule has 0 heterocycles. The van der Waals surface area contributed by atoms with Crippen molar-refractivity contribution in [1.29, 1.82) is 0 Å². The second-order valence-corrected chi connectivity index (χ2v) is 3.62. The molecule has 0 amide bonds. The zero-order valence-corrected chi connectivity index (χ0v) is 10.4. The summed E-state index contributed by atoms with van der Waals surface area (Å²) in [6, 6.07) is 0. The molecule has 4 heteroatoms. The molecule has 0 aromatic carbocycles. The van der Waals surface area contributed by atoms with Gasteiger partial charge in [-0.25, -0.2) is 0 Å². The molecule has 0 fully saturated rings. The van der Waals surface area contributed by atoms with Crippen molar-refractivity contribution in [3.05, 3.63) is 0 Å². The Balaban J connectivity index is 3.06. The van der Waals surface area contributed by atoms with E-state index in [9.17, 15) is 0 Å². The van der Waals surface area contributed by atoms with Crippen LogP contribution >= 0.6 is 0 Å². The minimum Gasteiger partial charge on any atom is -0.382 e. The normalized spacial score (nSPS) is 11.2. The molecule has 15 heavy (non-hydrogen) atoms. The van der Waals surface area contributed by atoms with Crippen molar-refractivity contribution in [3.8, 4) is 0 Å². The van der Waals surface area contributed by atoms with E-state index < -0.39 is 0 Å². The van der Waals surface area contributed by atoms with Crippen LogP contribution in [0.1, 0.15) is 13.3 Å². The van der Waals surface area contributed by atoms with Crippen LogP contribution in [0.15, 0.2) is 0 Å². The maximum Gasteiger partial charge on any atom is 0.0700 e. The minimum absolute atomic E-state index is 0.691. The van der Waals surface area contributed by atoms with Gasteiger partial charge in [-0.3, -0.25) is 0 Å². The highest BCUT2D eigenvalue weighted by molar-refractivity contribution is 4.53.